The van der Waals surface area contributed by atoms with Gasteiger partial charge < -0.3 is 148 Å². The molecule has 0 aliphatic carbocycles. The van der Waals surface area contributed by atoms with Crippen LogP contribution < -0.4 is 63.3 Å². The fourth-order valence-corrected chi connectivity index (χ4v) is 14.9. The summed E-state index contributed by atoms with van der Waals surface area (Å²) in [6, 6.07) is 10.9. The van der Waals surface area contributed by atoms with Gasteiger partial charge in [-0.1, -0.05) is 83.9 Å². The molecule has 7 aromatic carbocycles. The molecule has 0 spiro atoms. The highest BCUT2D eigenvalue weighted by Gasteiger charge is 2.51. The van der Waals surface area contributed by atoms with Crippen molar-refractivity contribution in [3.63, 3.8) is 0 Å². The third-order valence-electron chi connectivity index (χ3n) is 20.5. The number of carbonyl (C=O) groups excluding carboxylic acids is 6. The first-order valence-electron chi connectivity index (χ1n) is 36.0. The van der Waals surface area contributed by atoms with Gasteiger partial charge in [0, 0.05) is 61.2 Å². The second-order valence-corrected chi connectivity index (χ2v) is 29.0. The molecule has 11 bridgehead atoms. The quantitative estimate of drug-likeness (QED) is 0.0729. The van der Waals surface area contributed by atoms with Gasteiger partial charge in [-0.15, -0.1) is 0 Å². The van der Waals surface area contributed by atoms with Gasteiger partial charge in [-0.05, 0) is 107 Å². The zero-order chi connectivity index (χ0) is 82.3. The van der Waals surface area contributed by atoms with E-state index in [1.165, 1.54) is 61.7 Å². The van der Waals surface area contributed by atoms with Gasteiger partial charge in [-0.3, -0.25) is 28.8 Å². The fourth-order valence-electron chi connectivity index (χ4n) is 14.5. The number of phenolic OH excluding ortho intramolecular Hbond substituents is 4. The average molecular weight is 1640 g/mol. The number of nitrogens with one attached hydrogen (secondary N) is 6. The monoisotopic (exact) mass is 1630 g/mol. The number of aromatic hydroxyl groups is 4. The maximum Gasteiger partial charge on any atom is 0.330 e. The van der Waals surface area contributed by atoms with Gasteiger partial charge in [0.2, 0.25) is 47.5 Å². The van der Waals surface area contributed by atoms with Crippen molar-refractivity contribution in [3.8, 4) is 62.9 Å². The first-order valence-corrected chi connectivity index (χ1v) is 36.7. The number of methoxy groups -OCH3 is 1. The second-order valence-electron chi connectivity index (χ2n) is 28.2. The van der Waals surface area contributed by atoms with Crippen molar-refractivity contribution in [1.29, 1.82) is 0 Å². The van der Waals surface area contributed by atoms with Crippen LogP contribution >= 0.6 is 23.2 Å². The van der Waals surface area contributed by atoms with E-state index in [4.69, 9.17) is 83.0 Å². The molecule has 23 N–H and O–H groups in total. The smallest absolute Gasteiger partial charge is 0.330 e. The van der Waals surface area contributed by atoms with E-state index in [1.807, 2.05) is 0 Å². The number of amides is 6. The van der Waals surface area contributed by atoms with Gasteiger partial charge >= 0.3 is 5.97 Å². The number of aliphatic hydroxyl groups is 6. The molecule has 0 radical (unpaired) electrons. The molecule has 0 saturated carbocycles. The highest BCUT2D eigenvalue weighted by atomic mass is 35.5. The van der Waals surface area contributed by atoms with Crippen molar-refractivity contribution in [3.05, 3.63) is 182 Å². The summed E-state index contributed by atoms with van der Waals surface area (Å²) < 4.78 is 56.9. The number of ether oxygens (including phenoxy) is 9. The van der Waals surface area contributed by atoms with Gasteiger partial charge in [-0.2, -0.15) is 0 Å². The summed E-state index contributed by atoms with van der Waals surface area (Å²) in [7, 11) is 1.40. The lowest BCUT2D eigenvalue weighted by Gasteiger charge is -2.44. The van der Waals surface area contributed by atoms with Gasteiger partial charge in [0.05, 0.1) is 28.9 Å². The standard InChI is InChI=1S/C77H81Cl2N9O27/c1-29-65(107-2)43(81)27-52(108-29)112-66-34-12-17-48(41(79)21-34)110-50-23-35-22-49(67(50)115-77-68(64(97)63(96)51(28-89)111-77)113-53-26-42(80)62(95)76(106)114-53)109-37-13-8-31(9-14-37)61(94)59(87-70(99)55(82)32-10-16-46(92)40(78)20-32)73(102)83-44(18-30-6-4-3-5-7-30)69(98)84-57(35)72(101)85-56-33-11-15-45(91)38(19-33)54-39(24-36(90)25-47(54)93)58(75(104)105)86-74(103)60(66)88-71(56)100/h3-17,19-25,29,42-44,51-53,55-66,68,76-77,89-97,106H,18,26-28,80-82H2,1-2H3,(H,83,102)(H,84,98)(H,85,101)(H,86,103)(H,87,99)(H,88,100)(H,104,105)/t29-,42-,43-,44-,51+,52-,53+,55+,56+,57+,58-,59+,60-,61+,62+,63+,64-,65-,66+,68+,76+,77-/m0/s1. The van der Waals surface area contributed by atoms with Crippen molar-refractivity contribution in [2.45, 2.75) is 161 Å². The van der Waals surface area contributed by atoms with Crippen molar-refractivity contribution in [1.82, 2.24) is 31.9 Å². The number of aliphatic hydroxyl groups excluding tert-OH is 6. The number of carbonyl (C=O) groups is 7. The minimum absolute atomic E-state index is 0.0397. The topological polar surface area (TPSA) is 575 Å². The fraction of sp³-hybridized carbons (Fsp3) is 0.364. The number of rotatable bonds is 14. The molecule has 8 heterocycles. The van der Waals surface area contributed by atoms with Crippen LogP contribution in [0.4, 0.5) is 0 Å². The number of aliphatic carboxylic acids is 1. The van der Waals surface area contributed by atoms with Crippen LogP contribution in [0, 0.1) is 0 Å². The summed E-state index contributed by atoms with van der Waals surface area (Å²) in [5.74, 6) is -14.5. The Morgan fingerprint density at radius 3 is 1.96 bits per heavy atom. The summed E-state index contributed by atoms with van der Waals surface area (Å²) >= 11 is 13.6. The number of carboxylic acid groups (broad SMARTS) is 1. The first kappa shape index (κ1) is 82.4. The molecule has 36 nitrogen and oxygen atoms in total. The molecule has 3 saturated heterocycles. The van der Waals surface area contributed by atoms with Crippen LogP contribution in [0.2, 0.25) is 10.0 Å². The van der Waals surface area contributed by atoms with Crippen LogP contribution in [0.15, 0.2) is 133 Å². The summed E-state index contributed by atoms with van der Waals surface area (Å²) in [4.78, 5) is 108. The Hall–Kier alpha value is -10.6. The molecular formula is C77H81Cl2N9O27. The molecule has 15 rings (SSSR count). The van der Waals surface area contributed by atoms with Crippen LogP contribution in [0.1, 0.15) is 95.1 Å². The van der Waals surface area contributed by atoms with Gasteiger partial charge in [0.1, 0.15) is 107 Å². The third-order valence-corrected chi connectivity index (χ3v) is 21.1. The maximum atomic E-state index is 16.6. The predicted molar refractivity (Wildman–Crippen MR) is 397 cm³/mol. The minimum atomic E-state index is -2.29. The number of hydrogen-bond acceptors (Lipinski definition) is 29. The van der Waals surface area contributed by atoms with Crippen molar-refractivity contribution in [2.75, 3.05) is 13.7 Å². The molecule has 115 heavy (non-hydrogen) atoms. The molecule has 8 aliphatic rings. The van der Waals surface area contributed by atoms with E-state index in [0.717, 1.165) is 48.5 Å². The van der Waals surface area contributed by atoms with Gasteiger partial charge in [0.25, 0.3) is 0 Å². The van der Waals surface area contributed by atoms with E-state index >= 15 is 24.0 Å². The third kappa shape index (κ3) is 17.5. The molecule has 0 aromatic heterocycles. The van der Waals surface area contributed by atoms with Crippen LogP contribution in [0.5, 0.6) is 51.7 Å². The number of phenols is 4. The van der Waals surface area contributed by atoms with Crippen LogP contribution in [0.3, 0.4) is 0 Å². The molecule has 38 heteroatoms. The van der Waals surface area contributed by atoms with Crippen LogP contribution in [-0.4, -0.2) is 209 Å². The van der Waals surface area contributed by atoms with Crippen molar-refractivity contribution < 1.29 is 132 Å². The molecule has 7 aromatic rings. The summed E-state index contributed by atoms with van der Waals surface area (Å²) in [5, 5.41) is 139. The Bertz CT molecular complexity index is 4820. The lowest BCUT2D eigenvalue weighted by molar-refractivity contribution is -0.348. The number of hydrogen-bond donors (Lipinski definition) is 20. The normalized spacial score (nSPS) is 30.0. The highest BCUT2D eigenvalue weighted by molar-refractivity contribution is 6.32. The minimum Gasteiger partial charge on any atom is -0.508 e. The number of nitrogens with two attached hydrogens (primary N) is 3. The zero-order valence-electron chi connectivity index (χ0n) is 60.7. The molecular weight excluding hydrogens is 1550 g/mol. The average Bonchev–Trinajstić information content (AvgIpc) is 0.763. The molecule has 22 atom stereocenters. The highest BCUT2D eigenvalue weighted by Crippen LogP contribution is 2.50. The SMILES string of the molecule is CO[C@H]1[C@H](C)O[C@@H](O[C@@H]2c3ccc(c(Cl)c3)Oc3cc4cc(c3O[C@@H]3O[C@H](CO)[C@@H](O)[C@H](O)[C@H]3O[C@H]3C[C@H](N)[C@@H](O)[C@H](O)O3)Oc3ccc(cc3)[C@@H](O)[C@@H](NC(=O)[C@H](N)c3ccc(O)c(Cl)c3)C(=O)N[C@@H](Cc3ccccc3)C(=O)N[C@H]4C(=O)N[C@H]3C(=O)N[C@@H]2C(=O)N[C@H](C(=O)O)c2cc(O)cc(O)c2-c2cc3ccc2O)C[C@@H]1N. The Kier molecular flexibility index (Phi) is 24.7. The lowest BCUT2D eigenvalue weighted by Crippen LogP contribution is -2.63. The Morgan fingerprint density at radius 2 is 1.28 bits per heavy atom. The summed E-state index contributed by atoms with van der Waals surface area (Å²) in [5.41, 5.74) is 17.2. The van der Waals surface area contributed by atoms with Crippen LogP contribution in [0.25, 0.3) is 11.1 Å². The molecule has 610 valence electrons. The Morgan fingerprint density at radius 1 is 0.617 bits per heavy atom. The predicted octanol–water partition coefficient (Wildman–Crippen LogP) is 1.29. The van der Waals surface area contributed by atoms with Gasteiger partial charge in [-0.25, -0.2) is 4.79 Å². The number of halogens is 2. The Labute approximate surface area is 662 Å². The van der Waals surface area contributed by atoms with Crippen molar-refractivity contribution in [2.24, 2.45) is 17.2 Å². The van der Waals surface area contributed by atoms with Crippen LogP contribution in [-0.2, 0) is 68.4 Å². The van der Waals surface area contributed by atoms with E-state index in [0.29, 0.717) is 5.56 Å². The number of benzene rings is 7. The molecule has 3 fully saturated rings. The Balaban J connectivity index is 1.05. The maximum absolute atomic E-state index is 16.6. The molecule has 8 aliphatic heterocycles. The van der Waals surface area contributed by atoms with E-state index in [1.54, 1.807) is 37.3 Å². The summed E-state index contributed by atoms with van der Waals surface area (Å²) in [6.45, 7) is 0.617. The first-order chi connectivity index (χ1) is 54.8. The van der Waals surface area contributed by atoms with Crippen molar-refractivity contribution >= 4 is 64.6 Å². The van der Waals surface area contributed by atoms with E-state index in [-0.39, 0.29) is 57.4 Å². The van der Waals surface area contributed by atoms with E-state index < -0.39 is 251 Å². The number of fused-ring (bicyclic) bond motifs is 15. The largest absolute Gasteiger partial charge is 0.508 e. The molecule has 6 amide bonds. The van der Waals surface area contributed by atoms with E-state index in [2.05, 4.69) is 31.9 Å². The number of carboxylic acids is 1. The summed E-state index contributed by atoms with van der Waals surface area (Å²) in [6.07, 6.45) is -22.9. The molecule has 0 unspecified atom stereocenters. The van der Waals surface area contributed by atoms with E-state index in [9.17, 15) is 65.8 Å². The lowest BCUT2D eigenvalue weighted by atomic mass is 9.89. The zero-order valence-corrected chi connectivity index (χ0v) is 62.2. The van der Waals surface area contributed by atoms with Gasteiger partial charge in [0.15, 0.2) is 42.5 Å². The second kappa shape index (κ2) is 34.5.